The lowest BCUT2D eigenvalue weighted by molar-refractivity contribution is -0.142. The minimum Gasteiger partial charge on any atom is -0.480 e. The van der Waals surface area contributed by atoms with Crippen LogP contribution in [0.25, 0.3) is 0 Å². The molecule has 0 aliphatic rings. The molecular weight excluding hydrogens is 206 g/mol. The fraction of sp³-hybridized carbons (Fsp3) is 0.833. The van der Waals surface area contributed by atoms with Crippen molar-refractivity contribution in [3.05, 3.63) is 0 Å². The van der Waals surface area contributed by atoms with Gasteiger partial charge >= 0.3 is 5.97 Å². The molecule has 0 aliphatic carbocycles. The molecule has 4 nitrogen and oxygen atoms in total. The summed E-state index contributed by atoms with van der Waals surface area (Å²) in [6, 6.07) is -0.769. The highest BCUT2D eigenvalue weighted by Gasteiger charge is 2.23. The van der Waals surface area contributed by atoms with Crippen molar-refractivity contribution in [3.63, 3.8) is 0 Å². The van der Waals surface area contributed by atoms with E-state index < -0.39 is 12.0 Å². The summed E-state index contributed by atoms with van der Waals surface area (Å²) in [4.78, 5) is 21.8. The fourth-order valence-corrected chi connectivity index (χ4v) is 2.00. The van der Waals surface area contributed by atoms with Crippen molar-refractivity contribution in [2.24, 2.45) is 11.3 Å². The summed E-state index contributed by atoms with van der Waals surface area (Å²) in [6.45, 7) is 9.72. The molecule has 0 rings (SSSR count). The first-order chi connectivity index (χ1) is 7.11. The van der Waals surface area contributed by atoms with E-state index >= 15 is 0 Å². The molecule has 1 amide bonds. The van der Waals surface area contributed by atoms with Crippen LogP contribution in [-0.4, -0.2) is 23.0 Å². The van der Waals surface area contributed by atoms with Crippen LogP contribution in [0.5, 0.6) is 0 Å². The van der Waals surface area contributed by atoms with Crippen LogP contribution in [0.4, 0.5) is 0 Å². The number of rotatable bonds is 5. The van der Waals surface area contributed by atoms with Gasteiger partial charge in [-0.15, -0.1) is 0 Å². The lowest BCUT2D eigenvalue weighted by atomic mass is 9.83. The maximum Gasteiger partial charge on any atom is 0.326 e. The highest BCUT2D eigenvalue weighted by molar-refractivity contribution is 5.81. The van der Waals surface area contributed by atoms with E-state index in [0.717, 1.165) is 6.42 Å². The number of hydrogen-bond acceptors (Lipinski definition) is 2. The average molecular weight is 229 g/mol. The molecule has 0 bridgehead atoms. The molecule has 0 heterocycles. The van der Waals surface area contributed by atoms with E-state index in [0.29, 0.717) is 6.42 Å². The molecule has 0 saturated carbocycles. The second kappa shape index (κ2) is 5.87. The molecule has 0 aromatic heterocycles. The largest absolute Gasteiger partial charge is 0.480 e. The minimum absolute atomic E-state index is 0.179. The summed E-state index contributed by atoms with van der Waals surface area (Å²) in [5, 5.41) is 11.4. The van der Waals surface area contributed by atoms with Crippen LogP contribution in [0.1, 0.15) is 47.5 Å². The normalized spacial score (nSPS) is 15.3. The Hall–Kier alpha value is -1.06. The SMILES string of the molecule is CC(=O)NC(CC(C)CC(C)(C)C)C(=O)O. The zero-order chi connectivity index (χ0) is 12.9. The van der Waals surface area contributed by atoms with Gasteiger partial charge in [-0.3, -0.25) is 4.79 Å². The molecule has 16 heavy (non-hydrogen) atoms. The van der Waals surface area contributed by atoms with Crippen LogP contribution in [0.2, 0.25) is 0 Å². The lowest BCUT2D eigenvalue weighted by Gasteiger charge is -2.25. The monoisotopic (exact) mass is 229 g/mol. The quantitative estimate of drug-likeness (QED) is 0.758. The van der Waals surface area contributed by atoms with E-state index in [9.17, 15) is 9.59 Å². The number of amides is 1. The van der Waals surface area contributed by atoms with E-state index in [1.807, 2.05) is 6.92 Å². The zero-order valence-corrected chi connectivity index (χ0v) is 10.8. The lowest BCUT2D eigenvalue weighted by Crippen LogP contribution is -2.41. The van der Waals surface area contributed by atoms with Crippen LogP contribution >= 0.6 is 0 Å². The summed E-state index contributed by atoms with van der Waals surface area (Å²) in [6.07, 6.45) is 1.42. The van der Waals surface area contributed by atoms with E-state index in [2.05, 4.69) is 26.1 Å². The predicted molar refractivity (Wildman–Crippen MR) is 63.1 cm³/mol. The molecule has 0 fully saturated rings. The molecule has 2 atom stereocenters. The number of hydrogen-bond donors (Lipinski definition) is 2. The van der Waals surface area contributed by atoms with Crippen LogP contribution in [0.3, 0.4) is 0 Å². The molecule has 0 aromatic carbocycles. The van der Waals surface area contributed by atoms with E-state index in [1.165, 1.54) is 6.92 Å². The Bertz CT molecular complexity index is 255. The molecular formula is C12H23NO3. The molecule has 4 heteroatoms. The number of carboxylic acids is 1. The van der Waals surface area contributed by atoms with E-state index in [-0.39, 0.29) is 17.2 Å². The Balaban J connectivity index is 4.29. The minimum atomic E-state index is -0.962. The van der Waals surface area contributed by atoms with E-state index in [4.69, 9.17) is 5.11 Å². The molecule has 2 N–H and O–H groups in total. The molecule has 2 unspecified atom stereocenters. The molecule has 0 spiro atoms. The zero-order valence-electron chi connectivity index (χ0n) is 10.8. The van der Waals surface area contributed by atoms with Gasteiger partial charge in [0.1, 0.15) is 6.04 Å². The van der Waals surface area contributed by atoms with Gasteiger partial charge in [0, 0.05) is 6.92 Å². The molecule has 0 saturated heterocycles. The molecule has 0 radical (unpaired) electrons. The van der Waals surface area contributed by atoms with Crippen molar-refractivity contribution in [1.82, 2.24) is 5.32 Å². The van der Waals surface area contributed by atoms with Crippen molar-refractivity contribution in [3.8, 4) is 0 Å². The first kappa shape index (κ1) is 14.9. The van der Waals surface area contributed by atoms with Crippen molar-refractivity contribution in [2.45, 2.75) is 53.5 Å². The number of aliphatic carboxylic acids is 1. The Morgan fingerprint density at radius 2 is 1.81 bits per heavy atom. The van der Waals surface area contributed by atoms with Gasteiger partial charge in [-0.05, 0) is 24.2 Å². The third-order valence-corrected chi connectivity index (χ3v) is 2.27. The third kappa shape index (κ3) is 7.26. The Kier molecular flexibility index (Phi) is 5.48. The van der Waals surface area contributed by atoms with Crippen molar-refractivity contribution >= 4 is 11.9 Å². The van der Waals surface area contributed by atoms with Crippen LogP contribution in [0, 0.1) is 11.3 Å². The third-order valence-electron chi connectivity index (χ3n) is 2.27. The van der Waals surface area contributed by atoms with Crippen molar-refractivity contribution < 1.29 is 14.7 Å². The van der Waals surface area contributed by atoms with Gasteiger partial charge in [-0.2, -0.15) is 0 Å². The van der Waals surface area contributed by atoms with Gasteiger partial charge in [-0.25, -0.2) is 4.79 Å². The highest BCUT2D eigenvalue weighted by atomic mass is 16.4. The van der Waals surface area contributed by atoms with Gasteiger partial charge in [0.15, 0.2) is 0 Å². The van der Waals surface area contributed by atoms with Crippen molar-refractivity contribution in [2.75, 3.05) is 0 Å². The van der Waals surface area contributed by atoms with Crippen LogP contribution in [0.15, 0.2) is 0 Å². The smallest absolute Gasteiger partial charge is 0.326 e. The molecule has 0 aromatic rings. The Morgan fingerprint density at radius 3 is 2.12 bits per heavy atom. The van der Waals surface area contributed by atoms with Gasteiger partial charge in [0.05, 0.1) is 0 Å². The Labute approximate surface area is 97.4 Å². The Morgan fingerprint density at radius 1 is 1.31 bits per heavy atom. The number of nitrogens with one attached hydrogen (secondary N) is 1. The van der Waals surface area contributed by atoms with Gasteiger partial charge in [0.2, 0.25) is 5.91 Å². The number of carboxylic acid groups (broad SMARTS) is 1. The maximum atomic E-state index is 10.9. The number of carbonyl (C=O) groups is 2. The molecule has 94 valence electrons. The standard InChI is InChI=1S/C12H23NO3/c1-8(7-12(3,4)5)6-10(11(15)16)13-9(2)14/h8,10H,6-7H2,1-5H3,(H,13,14)(H,15,16). The number of carbonyl (C=O) groups excluding carboxylic acids is 1. The van der Waals surface area contributed by atoms with Gasteiger partial charge in [-0.1, -0.05) is 27.7 Å². The topological polar surface area (TPSA) is 66.4 Å². The summed E-state index contributed by atoms with van der Waals surface area (Å²) >= 11 is 0. The summed E-state index contributed by atoms with van der Waals surface area (Å²) in [5.41, 5.74) is 0.179. The van der Waals surface area contributed by atoms with Crippen LogP contribution < -0.4 is 5.32 Å². The predicted octanol–water partition coefficient (Wildman–Crippen LogP) is 2.04. The fourth-order valence-electron chi connectivity index (χ4n) is 2.00. The first-order valence-electron chi connectivity index (χ1n) is 5.61. The molecule has 0 aliphatic heterocycles. The van der Waals surface area contributed by atoms with E-state index in [1.54, 1.807) is 0 Å². The summed E-state index contributed by atoms with van der Waals surface area (Å²) in [5.74, 6) is -0.987. The van der Waals surface area contributed by atoms with Gasteiger partial charge in [0.25, 0.3) is 0 Å². The maximum absolute atomic E-state index is 10.9. The van der Waals surface area contributed by atoms with Crippen molar-refractivity contribution in [1.29, 1.82) is 0 Å². The summed E-state index contributed by atoms with van der Waals surface area (Å²) in [7, 11) is 0. The summed E-state index contributed by atoms with van der Waals surface area (Å²) < 4.78 is 0. The average Bonchev–Trinajstić information content (AvgIpc) is 1.97. The second-order valence-electron chi connectivity index (χ2n) is 5.70. The second-order valence-corrected chi connectivity index (χ2v) is 5.70. The van der Waals surface area contributed by atoms with Crippen LogP contribution in [-0.2, 0) is 9.59 Å². The van der Waals surface area contributed by atoms with Gasteiger partial charge < -0.3 is 10.4 Å². The highest BCUT2D eigenvalue weighted by Crippen LogP contribution is 2.26. The first-order valence-corrected chi connectivity index (χ1v) is 5.61.